The Bertz CT molecular complexity index is 281. The third kappa shape index (κ3) is 4.39. The quantitative estimate of drug-likeness (QED) is 0.724. The lowest BCUT2D eigenvalue weighted by Crippen LogP contribution is -2.45. The summed E-state index contributed by atoms with van der Waals surface area (Å²) in [4.78, 5) is 4.99. The van der Waals surface area contributed by atoms with E-state index >= 15 is 0 Å². The summed E-state index contributed by atoms with van der Waals surface area (Å²) in [6.07, 6.45) is 12.1. The highest BCUT2D eigenvalue weighted by molar-refractivity contribution is 5.26. The minimum Gasteiger partial charge on any atom is -0.369 e. The first kappa shape index (κ1) is 14.0. The van der Waals surface area contributed by atoms with Gasteiger partial charge in [-0.05, 0) is 25.1 Å². The summed E-state index contributed by atoms with van der Waals surface area (Å²) in [6.45, 7) is 12.2. The van der Waals surface area contributed by atoms with E-state index < -0.39 is 0 Å². The maximum Gasteiger partial charge on any atom is 0.0363 e. The molecule has 17 heavy (non-hydrogen) atoms. The van der Waals surface area contributed by atoms with Crippen molar-refractivity contribution >= 4 is 0 Å². The molecule has 2 rings (SSSR count). The fraction of sp³-hybridized carbons (Fsp3) is 0.600. The Morgan fingerprint density at radius 2 is 1.76 bits per heavy atom. The molecule has 0 spiro atoms. The highest BCUT2D eigenvalue weighted by Gasteiger charge is 2.15. The van der Waals surface area contributed by atoms with Gasteiger partial charge in [0.1, 0.15) is 0 Å². The van der Waals surface area contributed by atoms with Gasteiger partial charge in [0.2, 0.25) is 0 Å². The Labute approximate surface area is 106 Å². The minimum atomic E-state index is 1.06. The number of nitrogens with zero attached hydrogens (tertiary/aromatic N) is 2. The molecule has 96 valence electrons. The van der Waals surface area contributed by atoms with E-state index in [1.165, 1.54) is 25.3 Å². The first-order valence-electron chi connectivity index (χ1n) is 6.91. The van der Waals surface area contributed by atoms with Gasteiger partial charge in [0.05, 0.1) is 0 Å². The number of hydrogen-bond acceptors (Lipinski definition) is 2. The molecule has 1 saturated heterocycles. The summed E-state index contributed by atoms with van der Waals surface area (Å²) in [6, 6.07) is 0. The van der Waals surface area contributed by atoms with E-state index in [-0.39, 0.29) is 0 Å². The van der Waals surface area contributed by atoms with Gasteiger partial charge in [-0.25, -0.2) is 0 Å². The van der Waals surface area contributed by atoms with E-state index in [2.05, 4.69) is 47.1 Å². The van der Waals surface area contributed by atoms with Crippen molar-refractivity contribution < 1.29 is 0 Å². The highest BCUT2D eigenvalue weighted by Crippen LogP contribution is 2.13. The summed E-state index contributed by atoms with van der Waals surface area (Å²) in [5, 5.41) is 0. The fourth-order valence-electron chi connectivity index (χ4n) is 2.10. The van der Waals surface area contributed by atoms with Crippen molar-refractivity contribution in [3.8, 4) is 0 Å². The zero-order valence-corrected chi connectivity index (χ0v) is 11.5. The number of hydrogen-bond donors (Lipinski definition) is 0. The summed E-state index contributed by atoms with van der Waals surface area (Å²) >= 11 is 0. The SMILES string of the molecule is CC.CCN1CCN(C2=CC=CCC=C2)CC1. The molecule has 0 aromatic heterocycles. The van der Waals surface area contributed by atoms with Crippen molar-refractivity contribution in [1.82, 2.24) is 9.80 Å². The third-order valence-electron chi connectivity index (χ3n) is 3.15. The predicted molar refractivity (Wildman–Crippen MR) is 76.0 cm³/mol. The van der Waals surface area contributed by atoms with E-state index in [0.29, 0.717) is 0 Å². The third-order valence-corrected chi connectivity index (χ3v) is 3.15. The van der Waals surface area contributed by atoms with Crippen molar-refractivity contribution in [1.29, 1.82) is 0 Å². The number of likely N-dealkylation sites (N-methyl/N-ethyl adjacent to an activating group) is 1. The smallest absolute Gasteiger partial charge is 0.0363 e. The highest BCUT2D eigenvalue weighted by atomic mass is 15.3. The van der Waals surface area contributed by atoms with Gasteiger partial charge in [0.15, 0.2) is 0 Å². The molecule has 0 aromatic carbocycles. The standard InChI is InChI=1S/C13H20N2.C2H6/c1-2-14-9-11-15(12-10-14)13-7-5-3-4-6-8-13;1-2/h3,5-8H,2,4,9-12H2,1H3;1-2H3. The molecule has 0 atom stereocenters. The number of rotatable bonds is 2. The molecular weight excluding hydrogens is 208 g/mol. The summed E-state index contributed by atoms with van der Waals surface area (Å²) in [5.41, 5.74) is 1.37. The summed E-state index contributed by atoms with van der Waals surface area (Å²) in [7, 11) is 0. The van der Waals surface area contributed by atoms with Gasteiger partial charge >= 0.3 is 0 Å². The number of piperazine rings is 1. The molecule has 0 N–H and O–H groups in total. The Hall–Kier alpha value is -1.02. The van der Waals surface area contributed by atoms with Crippen LogP contribution in [0.4, 0.5) is 0 Å². The maximum absolute atomic E-state index is 2.51. The summed E-state index contributed by atoms with van der Waals surface area (Å²) in [5.74, 6) is 0. The van der Waals surface area contributed by atoms with Crippen molar-refractivity contribution in [2.45, 2.75) is 27.2 Å². The molecule has 1 aliphatic carbocycles. The number of allylic oxidation sites excluding steroid dienone is 5. The zero-order valence-electron chi connectivity index (χ0n) is 11.5. The molecular formula is C15H26N2. The lowest BCUT2D eigenvalue weighted by molar-refractivity contribution is 0.168. The minimum absolute atomic E-state index is 1.06. The van der Waals surface area contributed by atoms with Crippen LogP contribution in [0, 0.1) is 0 Å². The molecule has 0 amide bonds. The van der Waals surface area contributed by atoms with E-state index in [1.807, 2.05) is 13.8 Å². The second kappa shape index (κ2) is 8.13. The molecule has 0 unspecified atom stereocenters. The average Bonchev–Trinajstić information content (AvgIpc) is 2.70. The van der Waals surface area contributed by atoms with Gasteiger partial charge < -0.3 is 9.80 Å². The first-order chi connectivity index (χ1) is 8.40. The molecule has 0 saturated carbocycles. The van der Waals surface area contributed by atoms with Crippen LogP contribution < -0.4 is 0 Å². The first-order valence-corrected chi connectivity index (χ1v) is 6.91. The van der Waals surface area contributed by atoms with Crippen molar-refractivity contribution in [3.05, 3.63) is 36.1 Å². The molecule has 1 heterocycles. The average molecular weight is 234 g/mol. The largest absolute Gasteiger partial charge is 0.369 e. The van der Waals surface area contributed by atoms with Crippen molar-refractivity contribution in [2.75, 3.05) is 32.7 Å². The van der Waals surface area contributed by atoms with Gasteiger partial charge in [-0.2, -0.15) is 0 Å². The Morgan fingerprint density at radius 3 is 2.41 bits per heavy atom. The summed E-state index contributed by atoms with van der Waals surface area (Å²) < 4.78 is 0. The van der Waals surface area contributed by atoms with Crippen LogP contribution in [-0.2, 0) is 0 Å². The Balaban J connectivity index is 0.000000686. The van der Waals surface area contributed by atoms with Crippen LogP contribution in [0.3, 0.4) is 0 Å². The zero-order chi connectivity index (χ0) is 12.5. The topological polar surface area (TPSA) is 6.48 Å². The van der Waals surface area contributed by atoms with Gasteiger partial charge in [-0.3, -0.25) is 0 Å². The molecule has 2 nitrogen and oxygen atoms in total. The van der Waals surface area contributed by atoms with E-state index in [9.17, 15) is 0 Å². The van der Waals surface area contributed by atoms with E-state index in [0.717, 1.165) is 19.5 Å². The lowest BCUT2D eigenvalue weighted by atomic mass is 10.2. The van der Waals surface area contributed by atoms with Crippen LogP contribution in [0.1, 0.15) is 27.2 Å². The molecule has 2 aliphatic rings. The second-order valence-electron chi connectivity index (χ2n) is 4.08. The van der Waals surface area contributed by atoms with E-state index in [4.69, 9.17) is 0 Å². The Morgan fingerprint density at radius 1 is 1.06 bits per heavy atom. The lowest BCUT2D eigenvalue weighted by Gasteiger charge is -2.36. The molecule has 0 bridgehead atoms. The van der Waals surface area contributed by atoms with Crippen molar-refractivity contribution in [3.63, 3.8) is 0 Å². The second-order valence-corrected chi connectivity index (χ2v) is 4.08. The van der Waals surface area contributed by atoms with Gasteiger partial charge in [-0.15, -0.1) is 0 Å². The molecule has 1 aliphatic heterocycles. The normalized spacial score (nSPS) is 20.4. The van der Waals surface area contributed by atoms with Crippen LogP contribution in [0.5, 0.6) is 0 Å². The van der Waals surface area contributed by atoms with Crippen LogP contribution in [0.15, 0.2) is 36.1 Å². The molecule has 1 fully saturated rings. The van der Waals surface area contributed by atoms with Crippen LogP contribution >= 0.6 is 0 Å². The molecule has 2 heteroatoms. The van der Waals surface area contributed by atoms with E-state index in [1.54, 1.807) is 0 Å². The predicted octanol–water partition coefficient (Wildman–Crippen LogP) is 3.05. The van der Waals surface area contributed by atoms with Gasteiger partial charge in [0.25, 0.3) is 0 Å². The van der Waals surface area contributed by atoms with Crippen LogP contribution in [0.25, 0.3) is 0 Å². The van der Waals surface area contributed by atoms with Crippen LogP contribution in [-0.4, -0.2) is 42.5 Å². The molecule has 0 radical (unpaired) electrons. The fourth-order valence-corrected chi connectivity index (χ4v) is 2.10. The Kier molecular flexibility index (Phi) is 6.71. The monoisotopic (exact) mass is 234 g/mol. The maximum atomic E-state index is 2.51. The van der Waals surface area contributed by atoms with Gasteiger partial charge in [-0.1, -0.05) is 39.0 Å². The van der Waals surface area contributed by atoms with Gasteiger partial charge in [0, 0.05) is 31.9 Å². The molecule has 0 aromatic rings. The van der Waals surface area contributed by atoms with Crippen molar-refractivity contribution in [2.24, 2.45) is 0 Å². The van der Waals surface area contributed by atoms with Crippen LogP contribution in [0.2, 0.25) is 0 Å².